The van der Waals surface area contributed by atoms with E-state index >= 15 is 0 Å². The van der Waals surface area contributed by atoms with E-state index in [0.29, 0.717) is 18.1 Å². The number of aromatic nitrogens is 2. The number of hydrogen-bond donors (Lipinski definition) is 1. The molecule has 0 fully saturated rings. The minimum atomic E-state index is -0.349. The molecule has 0 saturated carbocycles. The topological polar surface area (TPSA) is 65.4 Å². The van der Waals surface area contributed by atoms with Crippen LogP contribution in [-0.2, 0) is 14.3 Å². The van der Waals surface area contributed by atoms with Crippen molar-refractivity contribution in [3.05, 3.63) is 70.9 Å². The molecule has 4 rings (SSSR count). The molecule has 0 amide bonds. The van der Waals surface area contributed by atoms with Gasteiger partial charge in [-0.2, -0.15) is 0 Å². The molecule has 2 aromatic carbocycles. The molecule has 3 aromatic rings. The van der Waals surface area contributed by atoms with Gasteiger partial charge in [0.2, 0.25) is 5.95 Å². The summed E-state index contributed by atoms with van der Waals surface area (Å²) in [5, 5.41) is 3.30. The molecule has 1 aliphatic heterocycles. The lowest BCUT2D eigenvalue weighted by molar-refractivity contribution is -0.140. The zero-order chi connectivity index (χ0) is 21.3. The van der Waals surface area contributed by atoms with Crippen LogP contribution in [0.3, 0.4) is 0 Å². The van der Waals surface area contributed by atoms with Crippen molar-refractivity contribution in [2.75, 3.05) is 25.6 Å². The monoisotopic (exact) mass is 405 g/mol. The normalized spacial score (nSPS) is 16.0. The minimum Gasteiger partial charge on any atom is -0.460 e. The summed E-state index contributed by atoms with van der Waals surface area (Å²) in [7, 11) is 1.59. The van der Waals surface area contributed by atoms with Gasteiger partial charge < -0.3 is 14.8 Å². The molecule has 1 N–H and O–H groups in total. The number of ether oxygens (including phenoxy) is 2. The lowest BCUT2D eigenvalue weighted by atomic mass is 9.93. The number of esters is 1. The number of anilines is 1. The fraction of sp³-hybridized carbons (Fsp3) is 0.333. The third-order valence-corrected chi connectivity index (χ3v) is 5.49. The fourth-order valence-electron chi connectivity index (χ4n) is 3.90. The summed E-state index contributed by atoms with van der Waals surface area (Å²) >= 11 is 0. The maximum atomic E-state index is 13.1. The Balaban J connectivity index is 1.85. The van der Waals surface area contributed by atoms with Crippen molar-refractivity contribution in [1.29, 1.82) is 0 Å². The number of nitrogens with one attached hydrogen (secondary N) is 1. The fourth-order valence-corrected chi connectivity index (χ4v) is 3.90. The summed E-state index contributed by atoms with van der Waals surface area (Å²) in [5.74, 6) is 0.811. The zero-order valence-corrected chi connectivity index (χ0v) is 17.8. The zero-order valence-electron chi connectivity index (χ0n) is 17.8. The van der Waals surface area contributed by atoms with Crippen molar-refractivity contribution in [2.45, 2.75) is 32.7 Å². The van der Waals surface area contributed by atoms with Crippen LogP contribution in [0, 0.1) is 0 Å². The predicted molar refractivity (Wildman–Crippen MR) is 118 cm³/mol. The Labute approximate surface area is 176 Å². The second kappa shape index (κ2) is 8.32. The van der Waals surface area contributed by atoms with Crippen LogP contribution in [0.1, 0.15) is 43.9 Å². The Morgan fingerprint density at radius 2 is 1.87 bits per heavy atom. The highest BCUT2D eigenvalue weighted by atomic mass is 16.6. The van der Waals surface area contributed by atoms with Crippen molar-refractivity contribution in [1.82, 2.24) is 9.55 Å². The molecular weight excluding hydrogens is 378 g/mol. The van der Waals surface area contributed by atoms with Crippen LogP contribution in [-0.4, -0.2) is 35.8 Å². The van der Waals surface area contributed by atoms with E-state index in [0.717, 1.165) is 28.2 Å². The Kier molecular flexibility index (Phi) is 5.59. The molecule has 0 bridgehead atoms. The van der Waals surface area contributed by atoms with Gasteiger partial charge in [0, 0.05) is 12.8 Å². The number of methoxy groups -OCH3 is 1. The average molecular weight is 405 g/mol. The number of carbonyl (C=O) groups excluding carboxylic acids is 1. The predicted octanol–water partition coefficient (Wildman–Crippen LogP) is 4.64. The number of hydrogen-bond acceptors (Lipinski definition) is 5. The van der Waals surface area contributed by atoms with Crippen LogP contribution in [0.15, 0.2) is 59.8 Å². The summed E-state index contributed by atoms with van der Waals surface area (Å²) in [6.07, 6.45) is 0. The van der Waals surface area contributed by atoms with Crippen molar-refractivity contribution >= 4 is 23.0 Å². The SMILES string of the molecule is COCCOC(=O)C1=C(C)Nc2nc3ccccc3n2[C@H]1c1ccc(C(C)C)cc1. The molecular formula is C24H27N3O3. The van der Waals surface area contributed by atoms with Gasteiger partial charge in [-0.3, -0.25) is 4.57 Å². The molecule has 1 aliphatic rings. The Bertz CT molecular complexity index is 1100. The maximum Gasteiger partial charge on any atom is 0.338 e. The van der Waals surface area contributed by atoms with E-state index in [1.165, 1.54) is 5.56 Å². The summed E-state index contributed by atoms with van der Waals surface area (Å²) in [4.78, 5) is 17.8. The quantitative estimate of drug-likeness (QED) is 0.478. The van der Waals surface area contributed by atoms with Gasteiger partial charge in [-0.05, 0) is 36.1 Å². The highest BCUT2D eigenvalue weighted by molar-refractivity contribution is 5.94. The van der Waals surface area contributed by atoms with Crippen molar-refractivity contribution < 1.29 is 14.3 Å². The van der Waals surface area contributed by atoms with Gasteiger partial charge in [-0.25, -0.2) is 9.78 Å². The summed E-state index contributed by atoms with van der Waals surface area (Å²) < 4.78 is 12.6. The van der Waals surface area contributed by atoms with Gasteiger partial charge >= 0.3 is 5.97 Å². The first-order valence-electron chi connectivity index (χ1n) is 10.2. The Morgan fingerprint density at radius 1 is 1.13 bits per heavy atom. The van der Waals surface area contributed by atoms with E-state index < -0.39 is 0 Å². The molecule has 0 radical (unpaired) electrons. The van der Waals surface area contributed by atoms with E-state index in [1.54, 1.807) is 7.11 Å². The molecule has 1 aromatic heterocycles. The van der Waals surface area contributed by atoms with Gasteiger partial charge in [0.15, 0.2) is 0 Å². The molecule has 0 unspecified atom stereocenters. The lowest BCUT2D eigenvalue weighted by Gasteiger charge is -2.30. The standard InChI is InChI=1S/C24H27N3O3/c1-15(2)17-9-11-18(12-10-17)22-21(23(28)30-14-13-29-4)16(3)25-24-26-19-7-5-6-8-20(19)27(22)24/h5-12,15,22H,13-14H2,1-4H3,(H,25,26)/t22-/m0/s1. The number of nitrogens with zero attached hydrogens (tertiary/aromatic N) is 2. The van der Waals surface area contributed by atoms with Crippen LogP contribution < -0.4 is 5.32 Å². The summed E-state index contributed by atoms with van der Waals surface area (Å²) in [6.45, 7) is 6.81. The van der Waals surface area contributed by atoms with Crippen LogP contribution >= 0.6 is 0 Å². The van der Waals surface area contributed by atoms with Crippen LogP contribution in [0.25, 0.3) is 11.0 Å². The molecule has 6 nitrogen and oxygen atoms in total. The molecule has 1 atom stereocenters. The van der Waals surface area contributed by atoms with Crippen LogP contribution in [0.4, 0.5) is 5.95 Å². The molecule has 30 heavy (non-hydrogen) atoms. The summed E-state index contributed by atoms with van der Waals surface area (Å²) in [5.41, 5.74) is 5.45. The van der Waals surface area contributed by atoms with Crippen molar-refractivity contribution in [3.8, 4) is 0 Å². The Morgan fingerprint density at radius 3 is 2.57 bits per heavy atom. The van der Waals surface area contributed by atoms with Gasteiger partial charge in [-0.1, -0.05) is 50.2 Å². The number of carbonyl (C=O) groups is 1. The average Bonchev–Trinajstić information content (AvgIpc) is 3.10. The smallest absolute Gasteiger partial charge is 0.338 e. The first kappa shape index (κ1) is 20.2. The second-order valence-electron chi connectivity index (χ2n) is 7.81. The third kappa shape index (κ3) is 3.59. The minimum absolute atomic E-state index is 0.211. The van der Waals surface area contributed by atoms with Crippen molar-refractivity contribution in [2.24, 2.45) is 0 Å². The molecule has 0 aliphatic carbocycles. The number of allylic oxidation sites excluding steroid dienone is 1. The molecule has 2 heterocycles. The highest BCUT2D eigenvalue weighted by Gasteiger charge is 2.34. The molecule has 0 spiro atoms. The van der Waals surface area contributed by atoms with Crippen molar-refractivity contribution in [3.63, 3.8) is 0 Å². The van der Waals surface area contributed by atoms with Gasteiger partial charge in [0.25, 0.3) is 0 Å². The number of fused-ring (bicyclic) bond motifs is 3. The van der Waals surface area contributed by atoms with E-state index in [4.69, 9.17) is 14.5 Å². The largest absolute Gasteiger partial charge is 0.460 e. The molecule has 0 saturated heterocycles. The molecule has 6 heteroatoms. The Hall–Kier alpha value is -3.12. The molecule has 156 valence electrons. The highest BCUT2D eigenvalue weighted by Crippen LogP contribution is 2.39. The first-order valence-corrected chi connectivity index (χ1v) is 10.2. The second-order valence-corrected chi connectivity index (χ2v) is 7.81. The number of rotatable bonds is 6. The van der Waals surface area contributed by atoms with E-state index in [1.807, 2.05) is 31.2 Å². The van der Waals surface area contributed by atoms with Gasteiger partial charge in [0.1, 0.15) is 6.61 Å². The third-order valence-electron chi connectivity index (χ3n) is 5.49. The number of imidazole rings is 1. The lowest BCUT2D eigenvalue weighted by Crippen LogP contribution is -2.29. The number of para-hydroxylation sites is 2. The van der Waals surface area contributed by atoms with Crippen LogP contribution in [0.5, 0.6) is 0 Å². The first-order chi connectivity index (χ1) is 14.5. The summed E-state index contributed by atoms with van der Waals surface area (Å²) in [6, 6.07) is 16.1. The van der Waals surface area contributed by atoms with E-state index in [9.17, 15) is 4.79 Å². The van der Waals surface area contributed by atoms with E-state index in [2.05, 4.69) is 48.0 Å². The van der Waals surface area contributed by atoms with Gasteiger partial charge in [0.05, 0.1) is 29.3 Å². The maximum absolute atomic E-state index is 13.1. The van der Waals surface area contributed by atoms with Crippen LogP contribution in [0.2, 0.25) is 0 Å². The van der Waals surface area contributed by atoms with E-state index in [-0.39, 0.29) is 18.6 Å². The number of benzene rings is 2. The van der Waals surface area contributed by atoms with Gasteiger partial charge in [-0.15, -0.1) is 0 Å².